The van der Waals surface area contributed by atoms with Crippen molar-refractivity contribution in [3.8, 4) is 0 Å². The van der Waals surface area contributed by atoms with E-state index < -0.39 is 0 Å². The van der Waals surface area contributed by atoms with Crippen molar-refractivity contribution in [1.82, 2.24) is 5.32 Å². The van der Waals surface area contributed by atoms with Crippen LogP contribution in [-0.2, 0) is 11.2 Å². The van der Waals surface area contributed by atoms with Crippen LogP contribution < -0.4 is 5.32 Å². The van der Waals surface area contributed by atoms with Crippen molar-refractivity contribution in [2.45, 2.75) is 43.9 Å². The number of carbonyl (C=O) groups is 1. The van der Waals surface area contributed by atoms with E-state index in [-0.39, 0.29) is 5.91 Å². The van der Waals surface area contributed by atoms with Gasteiger partial charge in [-0.1, -0.05) is 31.9 Å². The van der Waals surface area contributed by atoms with Gasteiger partial charge in [0.15, 0.2) is 0 Å². The van der Waals surface area contributed by atoms with Crippen LogP contribution in [0.5, 0.6) is 0 Å². The van der Waals surface area contributed by atoms with Gasteiger partial charge >= 0.3 is 0 Å². The summed E-state index contributed by atoms with van der Waals surface area (Å²) in [6, 6.07) is 7.76. The molecule has 1 fully saturated rings. The molecule has 0 radical (unpaired) electrons. The number of thiol groups is 1. The first-order valence-corrected chi connectivity index (χ1v) is 7.07. The van der Waals surface area contributed by atoms with Crippen molar-refractivity contribution >= 4 is 18.5 Å². The lowest BCUT2D eigenvalue weighted by molar-refractivity contribution is -0.120. The van der Waals surface area contributed by atoms with E-state index in [1.807, 2.05) is 24.3 Å². The second kappa shape index (κ2) is 5.79. The summed E-state index contributed by atoms with van der Waals surface area (Å²) in [5.74, 6) is 0.120. The standard InChI is InChI=1S/C15H21NOS/c1-15(8-2-3-9-15)11-16-14(17)10-12-4-6-13(18)7-5-12/h4-7,18H,2-3,8-11H2,1H3,(H,16,17). The zero-order valence-corrected chi connectivity index (χ0v) is 11.8. The van der Waals surface area contributed by atoms with Crippen molar-refractivity contribution in [1.29, 1.82) is 0 Å². The second-order valence-electron chi connectivity index (χ2n) is 5.64. The lowest BCUT2D eigenvalue weighted by Gasteiger charge is -2.23. The molecule has 1 N–H and O–H groups in total. The minimum Gasteiger partial charge on any atom is -0.355 e. The average Bonchev–Trinajstić information content (AvgIpc) is 2.78. The molecule has 1 aliphatic carbocycles. The molecule has 1 aromatic rings. The van der Waals surface area contributed by atoms with Gasteiger partial charge in [-0.05, 0) is 36.0 Å². The SMILES string of the molecule is CC1(CNC(=O)Cc2ccc(S)cc2)CCCC1. The van der Waals surface area contributed by atoms with Gasteiger partial charge in [0.25, 0.3) is 0 Å². The van der Waals surface area contributed by atoms with Gasteiger partial charge in [0, 0.05) is 11.4 Å². The molecule has 3 heteroatoms. The number of rotatable bonds is 4. The van der Waals surface area contributed by atoms with Crippen LogP contribution in [0.3, 0.4) is 0 Å². The predicted octanol–water partition coefficient (Wildman–Crippen LogP) is 3.21. The number of carbonyl (C=O) groups excluding carboxylic acids is 1. The summed E-state index contributed by atoms with van der Waals surface area (Å²) in [7, 11) is 0. The molecule has 1 saturated carbocycles. The first-order valence-electron chi connectivity index (χ1n) is 6.62. The molecule has 18 heavy (non-hydrogen) atoms. The third kappa shape index (κ3) is 3.77. The highest BCUT2D eigenvalue weighted by Crippen LogP contribution is 2.36. The minimum atomic E-state index is 0.120. The highest BCUT2D eigenvalue weighted by molar-refractivity contribution is 7.80. The van der Waals surface area contributed by atoms with Crippen LogP contribution in [0.2, 0.25) is 0 Å². The first kappa shape index (κ1) is 13.5. The zero-order valence-electron chi connectivity index (χ0n) is 10.9. The molecule has 1 aromatic carbocycles. The molecule has 0 unspecified atom stereocenters. The lowest BCUT2D eigenvalue weighted by Crippen LogP contribution is -2.34. The van der Waals surface area contributed by atoms with E-state index in [9.17, 15) is 4.79 Å². The maximum Gasteiger partial charge on any atom is 0.224 e. The molecule has 0 aliphatic heterocycles. The minimum absolute atomic E-state index is 0.120. The smallest absolute Gasteiger partial charge is 0.224 e. The van der Waals surface area contributed by atoms with E-state index in [4.69, 9.17) is 0 Å². The molecule has 0 saturated heterocycles. The Labute approximate surface area is 115 Å². The van der Waals surface area contributed by atoms with E-state index in [0.717, 1.165) is 17.0 Å². The van der Waals surface area contributed by atoms with Gasteiger partial charge in [-0.15, -0.1) is 12.6 Å². The predicted molar refractivity (Wildman–Crippen MR) is 77.0 cm³/mol. The van der Waals surface area contributed by atoms with Gasteiger partial charge in [0.05, 0.1) is 6.42 Å². The molecule has 1 amide bonds. The topological polar surface area (TPSA) is 29.1 Å². The number of benzene rings is 1. The molecule has 0 bridgehead atoms. The van der Waals surface area contributed by atoms with Gasteiger partial charge in [-0.25, -0.2) is 0 Å². The number of hydrogen-bond acceptors (Lipinski definition) is 2. The summed E-state index contributed by atoms with van der Waals surface area (Å²) in [5, 5.41) is 3.07. The molecule has 2 nitrogen and oxygen atoms in total. The molecule has 0 aromatic heterocycles. The number of nitrogens with one attached hydrogen (secondary N) is 1. The van der Waals surface area contributed by atoms with Crippen molar-refractivity contribution in [3.63, 3.8) is 0 Å². The maximum atomic E-state index is 11.9. The van der Waals surface area contributed by atoms with Crippen LogP contribution in [0, 0.1) is 5.41 Å². The lowest BCUT2D eigenvalue weighted by atomic mass is 9.89. The fourth-order valence-corrected chi connectivity index (χ4v) is 2.73. The van der Waals surface area contributed by atoms with Gasteiger partial charge < -0.3 is 5.32 Å². The number of amides is 1. The van der Waals surface area contributed by atoms with Gasteiger partial charge in [-0.3, -0.25) is 4.79 Å². The first-order chi connectivity index (χ1) is 8.57. The largest absolute Gasteiger partial charge is 0.355 e. The van der Waals surface area contributed by atoms with E-state index in [2.05, 4.69) is 24.9 Å². The zero-order chi connectivity index (χ0) is 13.0. The highest BCUT2D eigenvalue weighted by Gasteiger charge is 2.28. The van der Waals surface area contributed by atoms with Crippen LogP contribution in [0.4, 0.5) is 0 Å². The van der Waals surface area contributed by atoms with Gasteiger partial charge in [-0.2, -0.15) is 0 Å². The summed E-state index contributed by atoms with van der Waals surface area (Å²) in [6.07, 6.45) is 5.54. The molecule has 2 rings (SSSR count). The molecule has 0 spiro atoms. The van der Waals surface area contributed by atoms with Crippen molar-refractivity contribution in [3.05, 3.63) is 29.8 Å². The summed E-state index contributed by atoms with van der Waals surface area (Å²) in [4.78, 5) is 12.8. The molecular weight excluding hydrogens is 242 g/mol. The van der Waals surface area contributed by atoms with Crippen LogP contribution in [0.1, 0.15) is 38.2 Å². The Balaban J connectivity index is 1.80. The van der Waals surface area contributed by atoms with Crippen molar-refractivity contribution in [2.75, 3.05) is 6.54 Å². The van der Waals surface area contributed by atoms with Crippen LogP contribution in [-0.4, -0.2) is 12.5 Å². The monoisotopic (exact) mass is 263 g/mol. The maximum absolute atomic E-state index is 11.9. The van der Waals surface area contributed by atoms with Crippen LogP contribution in [0.15, 0.2) is 29.2 Å². The van der Waals surface area contributed by atoms with E-state index in [0.29, 0.717) is 11.8 Å². The molecule has 0 atom stereocenters. The Bertz CT molecular complexity index is 407. The Morgan fingerprint density at radius 3 is 2.50 bits per heavy atom. The van der Waals surface area contributed by atoms with Crippen molar-refractivity contribution in [2.24, 2.45) is 5.41 Å². The fourth-order valence-electron chi connectivity index (χ4n) is 2.58. The Morgan fingerprint density at radius 1 is 1.28 bits per heavy atom. The quantitative estimate of drug-likeness (QED) is 0.802. The summed E-state index contributed by atoms with van der Waals surface area (Å²) >= 11 is 4.23. The molecular formula is C15H21NOS. The second-order valence-corrected chi connectivity index (χ2v) is 6.15. The Hall–Kier alpha value is -0.960. The third-order valence-electron chi connectivity index (χ3n) is 3.82. The molecule has 98 valence electrons. The average molecular weight is 263 g/mol. The summed E-state index contributed by atoms with van der Waals surface area (Å²) < 4.78 is 0. The van der Waals surface area contributed by atoms with Gasteiger partial charge in [0.1, 0.15) is 0 Å². The van der Waals surface area contributed by atoms with Crippen molar-refractivity contribution < 1.29 is 4.79 Å². The normalized spacial score (nSPS) is 17.7. The third-order valence-corrected chi connectivity index (χ3v) is 4.12. The highest BCUT2D eigenvalue weighted by atomic mass is 32.1. The van der Waals surface area contributed by atoms with Crippen LogP contribution in [0.25, 0.3) is 0 Å². The van der Waals surface area contributed by atoms with E-state index in [1.165, 1.54) is 25.7 Å². The molecule has 1 aliphatic rings. The summed E-state index contributed by atoms with van der Waals surface area (Å²) in [6.45, 7) is 3.09. The number of hydrogen-bond donors (Lipinski definition) is 2. The van der Waals surface area contributed by atoms with E-state index in [1.54, 1.807) is 0 Å². The Morgan fingerprint density at radius 2 is 1.89 bits per heavy atom. The Kier molecular flexibility index (Phi) is 4.33. The van der Waals surface area contributed by atoms with Gasteiger partial charge in [0.2, 0.25) is 5.91 Å². The summed E-state index contributed by atoms with van der Waals surface area (Å²) in [5.41, 5.74) is 1.37. The van der Waals surface area contributed by atoms with E-state index >= 15 is 0 Å². The molecule has 0 heterocycles. The van der Waals surface area contributed by atoms with Crippen LogP contribution >= 0.6 is 12.6 Å². The fraction of sp³-hybridized carbons (Fsp3) is 0.533.